The summed E-state index contributed by atoms with van der Waals surface area (Å²) in [6.07, 6.45) is 0. The zero-order chi connectivity index (χ0) is 2.71. The van der Waals surface area contributed by atoms with E-state index in [0.717, 1.165) is 0 Å². The van der Waals surface area contributed by atoms with E-state index >= 15 is 0 Å². The average Bonchev–Trinajstić information content (AvgIpc) is 0.918. The fourth-order valence-corrected chi connectivity index (χ4v) is 0. The van der Waals surface area contributed by atoms with E-state index in [1.807, 2.05) is 0 Å². The molecule has 0 saturated carbocycles. The number of hydrogen-bond donors (Lipinski definition) is 0. The molecule has 24 valence electrons. The summed E-state index contributed by atoms with van der Waals surface area (Å²) in [6.45, 7) is 0. The van der Waals surface area contributed by atoms with Crippen LogP contribution in [0, 0.1) is 0 Å². The summed E-state index contributed by atoms with van der Waals surface area (Å²) in [5.74, 6) is 0. The third-order valence-corrected chi connectivity index (χ3v) is 0. The van der Waals surface area contributed by atoms with Gasteiger partial charge in [-0.3, -0.25) is 0 Å². The first kappa shape index (κ1) is 8.87. The summed E-state index contributed by atoms with van der Waals surface area (Å²) in [7, 11) is 0. The van der Waals surface area contributed by atoms with Gasteiger partial charge in [-0.2, -0.15) is 0 Å². The normalized spacial score (nSPS) is 2.50. The van der Waals surface area contributed by atoms with Gasteiger partial charge in [-0.05, 0) is 0 Å². The molecule has 0 atom stereocenters. The summed E-state index contributed by atoms with van der Waals surface area (Å²) in [5.41, 5.74) is 4.62. The number of rotatable bonds is 0. The first-order chi connectivity index (χ1) is 1.41. The van der Waals surface area contributed by atoms with Crippen LogP contribution in [0.4, 0.5) is 0 Å². The predicted octanol–water partition coefficient (Wildman–Crippen LogP) is 1.59. The molecule has 0 radical (unpaired) electrons. The Hall–Kier alpha value is 0.913. The van der Waals surface area contributed by atoms with Crippen molar-refractivity contribution in [2.24, 2.45) is 0 Å². The SMILES string of the molecule is Cl.[CH3][Zn][CH3]. The first-order valence-electron chi connectivity index (χ1n) is 1.41. The fraction of sp³-hybridized carbons (Fsp3) is 1.00. The van der Waals surface area contributed by atoms with Gasteiger partial charge in [0.15, 0.2) is 0 Å². The molecule has 0 bridgehead atoms. The van der Waals surface area contributed by atoms with E-state index in [1.165, 1.54) is 0 Å². The Kier molecular flexibility index (Phi) is 20.1. The van der Waals surface area contributed by atoms with Crippen LogP contribution in [0.15, 0.2) is 0 Å². The first-order valence-corrected chi connectivity index (χ1v) is 7.35. The molecule has 0 aliphatic rings. The molecule has 0 nitrogen and oxygen atoms in total. The van der Waals surface area contributed by atoms with E-state index < -0.39 is 0 Å². The van der Waals surface area contributed by atoms with Gasteiger partial charge in [0.05, 0.1) is 0 Å². The molecule has 0 fully saturated rings. The number of hydrogen-bond acceptors (Lipinski definition) is 0. The Morgan fingerprint density at radius 3 is 1.25 bits per heavy atom. The van der Waals surface area contributed by atoms with Crippen LogP contribution in [0.3, 0.4) is 0 Å². The van der Waals surface area contributed by atoms with Crippen molar-refractivity contribution in [3.63, 3.8) is 0 Å². The van der Waals surface area contributed by atoms with E-state index in [2.05, 4.69) is 11.0 Å². The van der Waals surface area contributed by atoms with Gasteiger partial charge in [-0.1, -0.05) is 0 Å². The Balaban J connectivity index is 0. The zero-order valence-corrected chi connectivity index (χ0v) is 6.90. The van der Waals surface area contributed by atoms with Crippen LogP contribution < -0.4 is 0 Å². The van der Waals surface area contributed by atoms with E-state index in [4.69, 9.17) is 0 Å². The molecule has 0 rings (SSSR count). The average molecular weight is 132 g/mol. The van der Waals surface area contributed by atoms with Crippen molar-refractivity contribution < 1.29 is 17.1 Å². The molecule has 0 aromatic carbocycles. The Morgan fingerprint density at radius 2 is 1.25 bits per heavy atom. The summed E-state index contributed by atoms with van der Waals surface area (Å²) < 4.78 is 0. The van der Waals surface area contributed by atoms with Gasteiger partial charge >= 0.3 is 28.2 Å². The van der Waals surface area contributed by atoms with Gasteiger partial charge in [-0.25, -0.2) is 0 Å². The second kappa shape index (κ2) is 9.07. The summed E-state index contributed by atoms with van der Waals surface area (Å²) in [5, 5.41) is 0. The van der Waals surface area contributed by atoms with Gasteiger partial charge in [0, 0.05) is 0 Å². The minimum atomic E-state index is 0. The van der Waals surface area contributed by atoms with E-state index in [1.54, 1.807) is 0 Å². The molecule has 0 aliphatic heterocycles. The van der Waals surface area contributed by atoms with Crippen molar-refractivity contribution in [2.45, 2.75) is 11.0 Å². The van der Waals surface area contributed by atoms with Crippen molar-refractivity contribution in [3.05, 3.63) is 0 Å². The van der Waals surface area contributed by atoms with Gasteiger partial charge in [-0.15, -0.1) is 12.4 Å². The standard InChI is InChI=1S/2CH3.ClH.Zn/h2*1H3;1H;. The maximum atomic E-state index is 2.31. The molecule has 0 spiro atoms. The number of halogens is 1. The third-order valence-electron chi connectivity index (χ3n) is 0. The summed E-state index contributed by atoms with van der Waals surface area (Å²) in [6, 6.07) is 0. The van der Waals surface area contributed by atoms with Crippen molar-refractivity contribution in [2.75, 3.05) is 0 Å². The Bertz CT molecular complexity index is 6.00. The van der Waals surface area contributed by atoms with Crippen molar-refractivity contribution in [3.8, 4) is 0 Å². The molecular formula is C2H7ClZn. The van der Waals surface area contributed by atoms with E-state index in [-0.39, 0.29) is 29.5 Å². The minimum absolute atomic E-state index is 0. The van der Waals surface area contributed by atoms with E-state index in [9.17, 15) is 0 Å². The molecule has 0 amide bonds. The molecule has 0 aromatic rings. The third kappa shape index (κ3) is 12.8. The van der Waals surface area contributed by atoms with Gasteiger partial charge < -0.3 is 0 Å². The fourth-order valence-electron chi connectivity index (χ4n) is 0. The van der Waals surface area contributed by atoms with Crippen molar-refractivity contribution >= 4 is 12.4 Å². The maximum absolute atomic E-state index is 2.31. The Morgan fingerprint density at radius 1 is 1.25 bits per heavy atom. The molecular weight excluding hydrogens is 125 g/mol. The topological polar surface area (TPSA) is 0 Å². The molecule has 0 N–H and O–H groups in total. The summed E-state index contributed by atoms with van der Waals surface area (Å²) >= 11 is 0.125. The van der Waals surface area contributed by atoms with Crippen molar-refractivity contribution in [1.82, 2.24) is 0 Å². The molecule has 0 saturated heterocycles. The van der Waals surface area contributed by atoms with Crippen LogP contribution in [-0.2, 0) is 17.1 Å². The van der Waals surface area contributed by atoms with E-state index in [0.29, 0.717) is 0 Å². The molecule has 0 aromatic heterocycles. The Labute approximate surface area is 41.0 Å². The van der Waals surface area contributed by atoms with Crippen LogP contribution in [0.1, 0.15) is 0 Å². The van der Waals surface area contributed by atoms with Crippen LogP contribution in [0.2, 0.25) is 11.0 Å². The predicted molar refractivity (Wildman–Crippen MR) is 19.0 cm³/mol. The van der Waals surface area contributed by atoms with Crippen LogP contribution >= 0.6 is 12.4 Å². The molecule has 0 heterocycles. The molecule has 4 heavy (non-hydrogen) atoms. The monoisotopic (exact) mass is 130 g/mol. The second-order valence-electron chi connectivity index (χ2n) is 0.707. The van der Waals surface area contributed by atoms with Gasteiger partial charge in [0.2, 0.25) is 0 Å². The van der Waals surface area contributed by atoms with Crippen LogP contribution in [-0.4, -0.2) is 0 Å². The van der Waals surface area contributed by atoms with Crippen molar-refractivity contribution in [1.29, 1.82) is 0 Å². The second-order valence-corrected chi connectivity index (χ2v) is 3.67. The van der Waals surface area contributed by atoms with Gasteiger partial charge in [0.1, 0.15) is 0 Å². The van der Waals surface area contributed by atoms with Gasteiger partial charge in [0.25, 0.3) is 0 Å². The summed E-state index contributed by atoms with van der Waals surface area (Å²) in [4.78, 5) is 0. The molecule has 0 aliphatic carbocycles. The van der Waals surface area contributed by atoms with Crippen LogP contribution in [0.25, 0.3) is 0 Å². The van der Waals surface area contributed by atoms with Crippen LogP contribution in [0.5, 0.6) is 0 Å². The quantitative estimate of drug-likeness (QED) is 0.439. The molecule has 0 unspecified atom stereocenters. The molecule has 2 heteroatoms. The zero-order valence-electron chi connectivity index (χ0n) is 3.12.